The zero-order chi connectivity index (χ0) is 10.4. The number of thioether (sulfide) groups is 1. The number of benzene rings is 1. The first-order chi connectivity index (χ1) is 6.74. The van der Waals surface area contributed by atoms with Crippen molar-refractivity contribution in [1.82, 2.24) is 0 Å². The Balaban J connectivity index is 2.42. The highest BCUT2D eigenvalue weighted by atomic mass is 32.2. The number of ether oxygens (including phenoxy) is 1. The van der Waals surface area contributed by atoms with Crippen LogP contribution in [-0.2, 0) is 16.1 Å². The van der Waals surface area contributed by atoms with Crippen LogP contribution in [-0.4, -0.2) is 16.4 Å². The van der Waals surface area contributed by atoms with Crippen molar-refractivity contribution in [2.24, 2.45) is 0 Å². The molecule has 0 aromatic heterocycles. The minimum absolute atomic E-state index is 0.265. The molecule has 14 heavy (non-hydrogen) atoms. The number of hydrogen-bond donors (Lipinski definition) is 0. The van der Waals surface area contributed by atoms with Crippen LogP contribution in [0.15, 0.2) is 30.3 Å². The van der Waals surface area contributed by atoms with Gasteiger partial charge in [-0.25, -0.2) is 4.79 Å². The molecule has 1 rings (SSSR count). The Labute approximate surface area is 92.6 Å². The van der Waals surface area contributed by atoms with E-state index in [9.17, 15) is 4.79 Å². The van der Waals surface area contributed by atoms with Gasteiger partial charge < -0.3 is 4.74 Å². The maximum absolute atomic E-state index is 11.2. The second-order valence-electron chi connectivity index (χ2n) is 2.55. The first kappa shape index (κ1) is 11.2. The first-order valence-corrected chi connectivity index (χ1v) is 5.66. The summed E-state index contributed by atoms with van der Waals surface area (Å²) in [5.41, 5.74) is 0.963. The van der Waals surface area contributed by atoms with Gasteiger partial charge in [0.05, 0.1) is 0 Å². The molecule has 0 fully saturated rings. The lowest BCUT2D eigenvalue weighted by Crippen LogP contribution is -2.11. The van der Waals surface area contributed by atoms with Gasteiger partial charge >= 0.3 is 5.97 Å². The topological polar surface area (TPSA) is 26.3 Å². The normalized spacial score (nSPS) is 9.50. The SMILES string of the molecule is CSC(=S)C(=O)OCc1ccccc1. The fraction of sp³-hybridized carbons (Fsp3) is 0.200. The van der Waals surface area contributed by atoms with Crippen LogP contribution in [0, 0.1) is 0 Å². The maximum Gasteiger partial charge on any atom is 0.356 e. The highest BCUT2D eigenvalue weighted by Gasteiger charge is 2.08. The molecule has 0 radical (unpaired) electrons. The number of carbonyl (C=O) groups is 1. The van der Waals surface area contributed by atoms with Crippen molar-refractivity contribution in [1.29, 1.82) is 0 Å². The number of hydrogen-bond acceptors (Lipinski definition) is 4. The van der Waals surface area contributed by atoms with Gasteiger partial charge in [-0.05, 0) is 11.8 Å². The summed E-state index contributed by atoms with van der Waals surface area (Å²) in [6.45, 7) is 0.278. The maximum atomic E-state index is 11.2. The molecule has 0 unspecified atom stereocenters. The smallest absolute Gasteiger partial charge is 0.356 e. The van der Waals surface area contributed by atoms with Gasteiger partial charge in [0.1, 0.15) is 6.61 Å². The van der Waals surface area contributed by atoms with Crippen molar-refractivity contribution in [2.75, 3.05) is 6.26 Å². The van der Waals surface area contributed by atoms with Crippen molar-refractivity contribution in [3.63, 3.8) is 0 Å². The summed E-state index contributed by atoms with van der Waals surface area (Å²) in [6, 6.07) is 9.51. The molecule has 0 atom stereocenters. The van der Waals surface area contributed by atoms with Gasteiger partial charge in [-0.1, -0.05) is 42.5 Å². The number of carbonyl (C=O) groups excluding carboxylic acids is 1. The van der Waals surface area contributed by atoms with Gasteiger partial charge in [0.25, 0.3) is 0 Å². The Hall–Kier alpha value is -0.870. The van der Waals surface area contributed by atoms with Gasteiger partial charge in [-0.15, -0.1) is 11.8 Å². The fourth-order valence-corrected chi connectivity index (χ4v) is 1.15. The molecule has 0 heterocycles. The van der Waals surface area contributed by atoms with E-state index in [1.807, 2.05) is 30.3 Å². The minimum atomic E-state index is -0.420. The van der Waals surface area contributed by atoms with E-state index >= 15 is 0 Å². The van der Waals surface area contributed by atoms with Crippen molar-refractivity contribution in [3.8, 4) is 0 Å². The lowest BCUT2D eigenvalue weighted by Gasteiger charge is -2.03. The molecule has 0 saturated carbocycles. The molecule has 0 aliphatic rings. The lowest BCUT2D eigenvalue weighted by molar-refractivity contribution is -0.136. The van der Waals surface area contributed by atoms with Crippen LogP contribution in [0.5, 0.6) is 0 Å². The molecule has 4 heteroatoms. The van der Waals surface area contributed by atoms with Gasteiger partial charge in [0.2, 0.25) is 0 Å². The quantitative estimate of drug-likeness (QED) is 0.571. The number of rotatable bonds is 2. The van der Waals surface area contributed by atoms with E-state index in [1.165, 1.54) is 11.8 Å². The molecule has 0 aliphatic heterocycles. The molecule has 2 nitrogen and oxygen atoms in total. The summed E-state index contributed by atoms with van der Waals surface area (Å²) in [4.78, 5) is 11.2. The zero-order valence-electron chi connectivity index (χ0n) is 7.73. The van der Waals surface area contributed by atoms with E-state index < -0.39 is 5.97 Å². The van der Waals surface area contributed by atoms with Gasteiger partial charge in [-0.2, -0.15) is 0 Å². The van der Waals surface area contributed by atoms with Crippen LogP contribution >= 0.6 is 24.0 Å². The highest BCUT2D eigenvalue weighted by Crippen LogP contribution is 2.04. The minimum Gasteiger partial charge on any atom is -0.456 e. The average molecular weight is 226 g/mol. The summed E-state index contributed by atoms with van der Waals surface area (Å²) in [5, 5.41) is 0. The van der Waals surface area contributed by atoms with E-state index in [0.717, 1.165) is 5.56 Å². The molecule has 0 saturated heterocycles. The van der Waals surface area contributed by atoms with Crippen LogP contribution in [0.3, 0.4) is 0 Å². The molecule has 0 bridgehead atoms. The molecule has 74 valence electrons. The van der Waals surface area contributed by atoms with Crippen molar-refractivity contribution >= 4 is 34.1 Å². The van der Waals surface area contributed by atoms with Crippen molar-refractivity contribution < 1.29 is 9.53 Å². The molecule has 0 amide bonds. The van der Waals surface area contributed by atoms with E-state index in [1.54, 1.807) is 6.26 Å². The Morgan fingerprint density at radius 1 is 1.43 bits per heavy atom. The van der Waals surface area contributed by atoms with E-state index in [2.05, 4.69) is 0 Å². The molecule has 1 aromatic rings. The predicted octanol–water partition coefficient (Wildman–Crippen LogP) is 2.42. The van der Waals surface area contributed by atoms with Crippen LogP contribution in [0.4, 0.5) is 0 Å². The molecule has 0 N–H and O–H groups in total. The third-order valence-electron chi connectivity index (χ3n) is 1.56. The van der Waals surface area contributed by atoms with Crippen LogP contribution in [0.1, 0.15) is 5.56 Å². The van der Waals surface area contributed by atoms with E-state index in [0.29, 0.717) is 0 Å². The second kappa shape index (κ2) is 5.78. The second-order valence-corrected chi connectivity index (χ2v) is 4.04. The van der Waals surface area contributed by atoms with E-state index in [-0.39, 0.29) is 10.8 Å². The Bertz CT molecular complexity index is 322. The molecular weight excluding hydrogens is 216 g/mol. The Kier molecular flexibility index (Phi) is 4.62. The monoisotopic (exact) mass is 226 g/mol. The van der Waals surface area contributed by atoms with Crippen LogP contribution < -0.4 is 0 Å². The zero-order valence-corrected chi connectivity index (χ0v) is 9.36. The first-order valence-electron chi connectivity index (χ1n) is 4.03. The summed E-state index contributed by atoms with van der Waals surface area (Å²) >= 11 is 6.01. The number of esters is 1. The lowest BCUT2D eigenvalue weighted by atomic mass is 10.2. The number of thiocarbonyl (C=S) groups is 1. The summed E-state index contributed by atoms with van der Waals surface area (Å²) in [6.07, 6.45) is 1.76. The summed E-state index contributed by atoms with van der Waals surface area (Å²) in [5.74, 6) is -0.420. The summed E-state index contributed by atoms with van der Waals surface area (Å²) in [7, 11) is 0. The third-order valence-corrected chi connectivity index (χ3v) is 2.77. The molecular formula is C10H10O2S2. The van der Waals surface area contributed by atoms with Crippen molar-refractivity contribution in [2.45, 2.75) is 6.61 Å². The molecule has 0 spiro atoms. The van der Waals surface area contributed by atoms with Crippen LogP contribution in [0.25, 0.3) is 0 Å². The van der Waals surface area contributed by atoms with Gasteiger partial charge in [-0.3, -0.25) is 0 Å². The molecule has 0 aliphatic carbocycles. The third kappa shape index (κ3) is 3.47. The van der Waals surface area contributed by atoms with E-state index in [4.69, 9.17) is 17.0 Å². The van der Waals surface area contributed by atoms with Crippen molar-refractivity contribution in [3.05, 3.63) is 35.9 Å². The van der Waals surface area contributed by atoms with Crippen LogP contribution in [0.2, 0.25) is 0 Å². The molecule has 1 aromatic carbocycles. The standard InChI is InChI=1S/C10H10O2S2/c1-14-10(13)9(11)12-7-8-5-3-2-4-6-8/h2-6H,7H2,1H3. The van der Waals surface area contributed by atoms with Gasteiger partial charge in [0.15, 0.2) is 4.20 Å². The largest absolute Gasteiger partial charge is 0.456 e. The average Bonchev–Trinajstić information content (AvgIpc) is 2.26. The van der Waals surface area contributed by atoms with Gasteiger partial charge in [0, 0.05) is 0 Å². The Morgan fingerprint density at radius 2 is 2.07 bits per heavy atom. The predicted molar refractivity (Wildman–Crippen MR) is 62.4 cm³/mol. The summed E-state index contributed by atoms with van der Waals surface area (Å²) < 4.78 is 5.24. The Morgan fingerprint density at radius 3 is 2.64 bits per heavy atom. The fourth-order valence-electron chi connectivity index (χ4n) is 0.865. The highest BCUT2D eigenvalue weighted by molar-refractivity contribution is 8.24.